The highest BCUT2D eigenvalue weighted by atomic mass is 32.2. The standard InChI is InChI=1S/C22H24FN5O4S/c1-31-9-4-10-33(29,30)17-12-15(23)11-16(13-17)28-8-5-19-18(22(28)32-2)14-26-21(27-19)20-24-6-3-7-25-20/h3,6-7,11-14,22H,4-5,8-10H2,1-2H3. The number of nitrogens with zero attached hydrogens (tertiary/aromatic N) is 5. The lowest BCUT2D eigenvalue weighted by Gasteiger charge is -2.37. The molecule has 1 atom stereocenters. The van der Waals surface area contributed by atoms with E-state index >= 15 is 0 Å². The number of ether oxygens (including phenoxy) is 2. The van der Waals surface area contributed by atoms with Gasteiger partial charge in [0.2, 0.25) is 0 Å². The number of methoxy groups -OCH3 is 2. The van der Waals surface area contributed by atoms with Crippen molar-refractivity contribution >= 4 is 15.5 Å². The van der Waals surface area contributed by atoms with Gasteiger partial charge >= 0.3 is 0 Å². The van der Waals surface area contributed by atoms with Crippen LogP contribution in [0.25, 0.3) is 11.6 Å². The smallest absolute Gasteiger partial charge is 0.197 e. The summed E-state index contributed by atoms with van der Waals surface area (Å²) in [5, 5.41) is 0. The first-order valence-corrected chi connectivity index (χ1v) is 12.0. The zero-order valence-corrected chi connectivity index (χ0v) is 19.1. The van der Waals surface area contributed by atoms with Crippen LogP contribution in [0.1, 0.15) is 23.9 Å². The molecule has 3 heterocycles. The van der Waals surface area contributed by atoms with Crippen molar-refractivity contribution < 1.29 is 22.3 Å². The molecule has 174 valence electrons. The molecular weight excluding hydrogens is 449 g/mol. The maximum absolute atomic E-state index is 14.5. The predicted octanol–water partition coefficient (Wildman–Crippen LogP) is 2.59. The van der Waals surface area contributed by atoms with E-state index in [1.165, 1.54) is 26.4 Å². The van der Waals surface area contributed by atoms with Crippen LogP contribution < -0.4 is 4.90 Å². The van der Waals surface area contributed by atoms with Crippen LogP contribution in [0, 0.1) is 5.82 Å². The molecule has 4 rings (SSSR count). The Hall–Kier alpha value is -3.02. The quantitative estimate of drug-likeness (QED) is 0.456. The summed E-state index contributed by atoms with van der Waals surface area (Å²) in [6.45, 7) is 0.760. The average molecular weight is 474 g/mol. The van der Waals surface area contributed by atoms with Crippen molar-refractivity contribution in [1.29, 1.82) is 0 Å². The Kier molecular flexibility index (Phi) is 6.91. The largest absolute Gasteiger partial charge is 0.385 e. The Bertz CT molecular complexity index is 1230. The molecule has 1 unspecified atom stereocenters. The molecule has 0 N–H and O–H groups in total. The molecule has 0 aliphatic carbocycles. The zero-order chi connectivity index (χ0) is 23.4. The zero-order valence-electron chi connectivity index (χ0n) is 18.3. The van der Waals surface area contributed by atoms with E-state index in [4.69, 9.17) is 9.47 Å². The highest BCUT2D eigenvalue weighted by molar-refractivity contribution is 7.91. The van der Waals surface area contributed by atoms with E-state index in [-0.39, 0.29) is 10.6 Å². The Balaban J connectivity index is 1.65. The van der Waals surface area contributed by atoms with Crippen LogP contribution in [0.5, 0.6) is 0 Å². The lowest BCUT2D eigenvalue weighted by Crippen LogP contribution is -2.37. The number of hydrogen-bond donors (Lipinski definition) is 0. The molecule has 2 aromatic heterocycles. The number of hydrogen-bond acceptors (Lipinski definition) is 9. The van der Waals surface area contributed by atoms with Gasteiger partial charge in [0.15, 0.2) is 27.7 Å². The topological polar surface area (TPSA) is 107 Å². The molecule has 0 saturated heterocycles. The summed E-state index contributed by atoms with van der Waals surface area (Å²) in [5.74, 6) is 0.0719. The van der Waals surface area contributed by atoms with Crippen LogP contribution in [0.4, 0.5) is 10.1 Å². The lowest BCUT2D eigenvalue weighted by molar-refractivity contribution is 0.0933. The molecule has 0 fully saturated rings. The van der Waals surface area contributed by atoms with Gasteiger partial charge in [-0.2, -0.15) is 0 Å². The third-order valence-electron chi connectivity index (χ3n) is 5.34. The molecule has 1 aromatic carbocycles. The van der Waals surface area contributed by atoms with Crippen molar-refractivity contribution in [3.63, 3.8) is 0 Å². The second kappa shape index (κ2) is 9.86. The van der Waals surface area contributed by atoms with Crippen LogP contribution in [-0.2, 0) is 25.7 Å². The van der Waals surface area contributed by atoms with E-state index in [1.54, 1.807) is 24.7 Å². The lowest BCUT2D eigenvalue weighted by atomic mass is 10.0. The van der Waals surface area contributed by atoms with Crippen molar-refractivity contribution in [2.45, 2.75) is 24.0 Å². The van der Waals surface area contributed by atoms with Crippen molar-refractivity contribution in [3.8, 4) is 11.6 Å². The van der Waals surface area contributed by atoms with E-state index in [9.17, 15) is 12.8 Å². The monoisotopic (exact) mass is 473 g/mol. The third-order valence-corrected chi connectivity index (χ3v) is 7.12. The Labute approximate surface area is 191 Å². The molecule has 1 aliphatic rings. The molecule has 9 nitrogen and oxygen atoms in total. The summed E-state index contributed by atoms with van der Waals surface area (Å²) in [5.41, 5.74) is 1.91. The number of fused-ring (bicyclic) bond motifs is 1. The number of anilines is 1. The molecule has 0 radical (unpaired) electrons. The second-order valence-corrected chi connectivity index (χ2v) is 9.62. The molecule has 0 spiro atoms. The number of aromatic nitrogens is 4. The van der Waals surface area contributed by atoms with E-state index in [0.717, 1.165) is 17.3 Å². The SMILES string of the molecule is COCCCS(=O)(=O)c1cc(F)cc(N2CCc3nc(-c4ncccn4)ncc3C2OC)c1. The maximum Gasteiger partial charge on any atom is 0.197 e. The van der Waals surface area contributed by atoms with Gasteiger partial charge in [-0.3, -0.25) is 0 Å². The van der Waals surface area contributed by atoms with Crippen LogP contribution in [0.2, 0.25) is 0 Å². The van der Waals surface area contributed by atoms with E-state index < -0.39 is 21.9 Å². The fraction of sp³-hybridized carbons (Fsp3) is 0.364. The van der Waals surface area contributed by atoms with Gasteiger partial charge in [-0.05, 0) is 30.7 Å². The second-order valence-electron chi connectivity index (χ2n) is 7.51. The minimum Gasteiger partial charge on any atom is -0.385 e. The summed E-state index contributed by atoms with van der Waals surface area (Å²) < 4.78 is 50.5. The fourth-order valence-corrected chi connectivity index (χ4v) is 5.12. The maximum atomic E-state index is 14.5. The first-order chi connectivity index (χ1) is 15.9. The van der Waals surface area contributed by atoms with Crippen LogP contribution in [-0.4, -0.2) is 61.5 Å². The molecular formula is C22H24FN5O4S. The molecule has 0 bridgehead atoms. The minimum absolute atomic E-state index is 0.0675. The normalized spacial score (nSPS) is 16.0. The summed E-state index contributed by atoms with van der Waals surface area (Å²) in [6, 6.07) is 5.54. The van der Waals surface area contributed by atoms with Gasteiger partial charge in [-0.25, -0.2) is 32.7 Å². The third kappa shape index (κ3) is 5.00. The number of halogens is 1. The highest BCUT2D eigenvalue weighted by Crippen LogP contribution is 2.35. The molecule has 33 heavy (non-hydrogen) atoms. The van der Waals surface area contributed by atoms with Gasteiger partial charge in [-0.1, -0.05) is 0 Å². The van der Waals surface area contributed by atoms with E-state index in [0.29, 0.717) is 43.3 Å². The summed E-state index contributed by atoms with van der Waals surface area (Å²) in [4.78, 5) is 19.1. The Morgan fingerprint density at radius 3 is 2.64 bits per heavy atom. The van der Waals surface area contributed by atoms with Gasteiger partial charge in [0, 0.05) is 63.6 Å². The number of rotatable bonds is 8. The number of benzene rings is 1. The van der Waals surface area contributed by atoms with E-state index in [2.05, 4.69) is 19.9 Å². The van der Waals surface area contributed by atoms with Gasteiger partial charge in [0.1, 0.15) is 5.82 Å². The first-order valence-electron chi connectivity index (χ1n) is 10.4. The Morgan fingerprint density at radius 2 is 1.91 bits per heavy atom. The first kappa shape index (κ1) is 23.1. The van der Waals surface area contributed by atoms with E-state index in [1.807, 2.05) is 4.90 Å². The van der Waals surface area contributed by atoms with Gasteiger partial charge < -0.3 is 14.4 Å². The van der Waals surface area contributed by atoms with Crippen LogP contribution >= 0.6 is 0 Å². The van der Waals surface area contributed by atoms with Crippen molar-refractivity contribution in [2.75, 3.05) is 38.0 Å². The summed E-state index contributed by atoms with van der Waals surface area (Å²) in [7, 11) is -0.627. The molecule has 3 aromatic rings. The minimum atomic E-state index is -3.66. The summed E-state index contributed by atoms with van der Waals surface area (Å²) in [6.07, 6.45) is 5.14. The molecule has 0 saturated carbocycles. The molecule has 1 aliphatic heterocycles. The predicted molar refractivity (Wildman–Crippen MR) is 119 cm³/mol. The molecule has 11 heteroatoms. The fourth-order valence-electron chi connectivity index (χ4n) is 3.79. The van der Waals surface area contributed by atoms with Crippen molar-refractivity contribution in [2.24, 2.45) is 0 Å². The van der Waals surface area contributed by atoms with Gasteiger partial charge in [0.25, 0.3) is 0 Å². The van der Waals surface area contributed by atoms with Crippen molar-refractivity contribution in [3.05, 3.63) is 59.9 Å². The van der Waals surface area contributed by atoms with Gasteiger partial charge in [-0.15, -0.1) is 0 Å². The average Bonchev–Trinajstić information content (AvgIpc) is 2.83. The van der Waals surface area contributed by atoms with Crippen LogP contribution in [0.3, 0.4) is 0 Å². The van der Waals surface area contributed by atoms with Gasteiger partial charge in [0.05, 0.1) is 16.3 Å². The highest BCUT2D eigenvalue weighted by Gasteiger charge is 2.31. The molecule has 0 amide bonds. The number of sulfone groups is 1. The van der Waals surface area contributed by atoms with Crippen molar-refractivity contribution in [1.82, 2.24) is 19.9 Å². The Morgan fingerprint density at radius 1 is 1.12 bits per heavy atom. The van der Waals surface area contributed by atoms with Crippen LogP contribution in [0.15, 0.2) is 47.8 Å². The summed E-state index contributed by atoms with van der Waals surface area (Å²) >= 11 is 0.